The molecule has 4 heteroatoms. The number of carbonyl (C=O) groups excluding carboxylic acids is 2. The van der Waals surface area contributed by atoms with E-state index >= 15 is 0 Å². The number of nitrogens with zero attached hydrogens (tertiary/aromatic N) is 2. The quantitative estimate of drug-likeness (QED) is 0.581. The van der Waals surface area contributed by atoms with Gasteiger partial charge in [-0.3, -0.25) is 9.59 Å². The van der Waals surface area contributed by atoms with Crippen LogP contribution in [-0.2, 0) is 0 Å². The molecule has 0 spiro atoms. The van der Waals surface area contributed by atoms with Crippen molar-refractivity contribution in [3.8, 4) is 0 Å². The van der Waals surface area contributed by atoms with E-state index in [9.17, 15) is 9.59 Å². The molecule has 4 nitrogen and oxygen atoms in total. The Morgan fingerprint density at radius 3 is 2.38 bits per heavy atom. The standard InChI is InChI=1S/C9H6N2O2/c1-5-4-10-8-6(12)2-3-7(13)9(8)11-5/h2-4H,1H3. The summed E-state index contributed by atoms with van der Waals surface area (Å²) in [5, 5.41) is 0. The van der Waals surface area contributed by atoms with Crippen molar-refractivity contribution in [1.29, 1.82) is 0 Å². The molecule has 0 aromatic carbocycles. The van der Waals surface area contributed by atoms with Gasteiger partial charge in [-0.15, -0.1) is 0 Å². The minimum atomic E-state index is -0.262. The van der Waals surface area contributed by atoms with Gasteiger partial charge in [0.25, 0.3) is 0 Å². The van der Waals surface area contributed by atoms with Crippen molar-refractivity contribution in [2.75, 3.05) is 0 Å². The fourth-order valence-corrected chi connectivity index (χ4v) is 1.14. The molecule has 0 N–H and O–H groups in total. The van der Waals surface area contributed by atoms with Crippen molar-refractivity contribution in [2.24, 2.45) is 0 Å². The molecule has 0 amide bonds. The van der Waals surface area contributed by atoms with E-state index in [0.29, 0.717) is 5.69 Å². The third-order valence-electron chi connectivity index (χ3n) is 1.75. The molecule has 0 unspecified atom stereocenters. The fourth-order valence-electron chi connectivity index (χ4n) is 1.14. The van der Waals surface area contributed by atoms with Gasteiger partial charge in [0.05, 0.1) is 5.69 Å². The summed E-state index contributed by atoms with van der Waals surface area (Å²) in [6, 6.07) is 0. The average Bonchev–Trinajstić information content (AvgIpc) is 2.12. The van der Waals surface area contributed by atoms with Gasteiger partial charge in [0.15, 0.2) is 0 Å². The summed E-state index contributed by atoms with van der Waals surface area (Å²) in [7, 11) is 0. The van der Waals surface area contributed by atoms with Gasteiger partial charge >= 0.3 is 0 Å². The van der Waals surface area contributed by atoms with E-state index in [2.05, 4.69) is 9.97 Å². The normalized spacial score (nSPS) is 14.5. The van der Waals surface area contributed by atoms with Crippen LogP contribution in [0.5, 0.6) is 0 Å². The van der Waals surface area contributed by atoms with Crippen LogP contribution < -0.4 is 0 Å². The smallest absolute Gasteiger partial charge is 0.206 e. The molecule has 0 aliphatic heterocycles. The minimum Gasteiger partial charge on any atom is -0.287 e. The van der Waals surface area contributed by atoms with Crippen LogP contribution in [0.4, 0.5) is 0 Å². The van der Waals surface area contributed by atoms with Crippen LogP contribution in [0.1, 0.15) is 26.7 Å². The maximum Gasteiger partial charge on any atom is 0.206 e. The van der Waals surface area contributed by atoms with Crippen LogP contribution in [0, 0.1) is 6.92 Å². The number of carbonyl (C=O) groups is 2. The maximum atomic E-state index is 11.2. The fraction of sp³-hybridized carbons (Fsp3) is 0.111. The van der Waals surface area contributed by atoms with E-state index in [-0.39, 0.29) is 23.0 Å². The number of aromatic nitrogens is 2. The summed E-state index contributed by atoms with van der Waals surface area (Å²) in [5.74, 6) is -0.520. The summed E-state index contributed by atoms with van der Waals surface area (Å²) < 4.78 is 0. The van der Waals surface area contributed by atoms with Gasteiger partial charge in [0.1, 0.15) is 11.4 Å². The maximum absolute atomic E-state index is 11.2. The average molecular weight is 174 g/mol. The van der Waals surface area contributed by atoms with Crippen molar-refractivity contribution in [3.63, 3.8) is 0 Å². The predicted octanol–water partition coefficient (Wildman–Crippen LogP) is 0.720. The Morgan fingerprint density at radius 2 is 1.69 bits per heavy atom. The Morgan fingerprint density at radius 1 is 1.08 bits per heavy atom. The molecule has 1 aliphatic rings. The lowest BCUT2D eigenvalue weighted by Gasteiger charge is -2.06. The highest BCUT2D eigenvalue weighted by Gasteiger charge is 2.21. The molecule has 0 radical (unpaired) electrons. The zero-order valence-electron chi connectivity index (χ0n) is 6.94. The second-order valence-corrected chi connectivity index (χ2v) is 2.77. The molecule has 0 saturated heterocycles. The molecule has 0 fully saturated rings. The van der Waals surface area contributed by atoms with E-state index < -0.39 is 0 Å². The number of hydrogen-bond donors (Lipinski definition) is 0. The van der Waals surface area contributed by atoms with Crippen molar-refractivity contribution < 1.29 is 9.59 Å². The molecular formula is C9H6N2O2. The topological polar surface area (TPSA) is 59.9 Å². The summed E-state index contributed by atoms with van der Waals surface area (Å²) >= 11 is 0. The monoisotopic (exact) mass is 174 g/mol. The molecule has 1 heterocycles. The van der Waals surface area contributed by atoms with Gasteiger partial charge in [-0.2, -0.15) is 0 Å². The van der Waals surface area contributed by atoms with Crippen molar-refractivity contribution in [2.45, 2.75) is 6.92 Å². The number of hydrogen-bond acceptors (Lipinski definition) is 4. The van der Waals surface area contributed by atoms with Crippen LogP contribution >= 0.6 is 0 Å². The number of fused-ring (bicyclic) bond motifs is 1. The van der Waals surface area contributed by atoms with Crippen LogP contribution in [0.3, 0.4) is 0 Å². The molecule has 2 rings (SSSR count). The van der Waals surface area contributed by atoms with Gasteiger partial charge in [-0.25, -0.2) is 9.97 Å². The van der Waals surface area contributed by atoms with Crippen LogP contribution in [0.25, 0.3) is 0 Å². The first-order valence-corrected chi connectivity index (χ1v) is 3.79. The van der Waals surface area contributed by atoms with Gasteiger partial charge < -0.3 is 0 Å². The predicted molar refractivity (Wildman–Crippen MR) is 44.6 cm³/mol. The summed E-state index contributed by atoms with van der Waals surface area (Å²) in [4.78, 5) is 30.3. The largest absolute Gasteiger partial charge is 0.287 e. The molecule has 13 heavy (non-hydrogen) atoms. The van der Waals surface area contributed by atoms with E-state index in [0.717, 1.165) is 0 Å². The Labute approximate surface area is 74.3 Å². The van der Waals surface area contributed by atoms with Crippen molar-refractivity contribution in [3.05, 3.63) is 35.4 Å². The molecule has 0 saturated carbocycles. The zero-order valence-corrected chi connectivity index (χ0v) is 6.94. The SMILES string of the molecule is Cc1cnc2c(n1)C(=O)C=CC2=O. The third-order valence-corrected chi connectivity index (χ3v) is 1.75. The van der Waals surface area contributed by atoms with Crippen LogP contribution in [0.2, 0.25) is 0 Å². The molecule has 1 aromatic rings. The summed E-state index contributed by atoms with van der Waals surface area (Å²) in [5.41, 5.74) is 0.945. The first kappa shape index (κ1) is 7.79. The second-order valence-electron chi connectivity index (χ2n) is 2.77. The number of allylic oxidation sites excluding steroid dienone is 2. The Balaban J connectivity index is 2.69. The summed E-state index contributed by atoms with van der Waals surface area (Å²) in [6.45, 7) is 1.73. The van der Waals surface area contributed by atoms with Crippen LogP contribution in [-0.4, -0.2) is 21.5 Å². The molecular weight excluding hydrogens is 168 g/mol. The highest BCUT2D eigenvalue weighted by molar-refractivity contribution is 6.20. The number of rotatable bonds is 0. The molecule has 0 bridgehead atoms. The van der Waals surface area contributed by atoms with Crippen molar-refractivity contribution >= 4 is 11.6 Å². The number of ketones is 2. The first-order valence-electron chi connectivity index (χ1n) is 3.79. The van der Waals surface area contributed by atoms with Gasteiger partial charge in [0, 0.05) is 6.20 Å². The van der Waals surface area contributed by atoms with Gasteiger partial charge in [-0.1, -0.05) is 0 Å². The third kappa shape index (κ3) is 1.16. The van der Waals surface area contributed by atoms with E-state index in [1.54, 1.807) is 6.92 Å². The molecule has 1 aliphatic carbocycles. The van der Waals surface area contributed by atoms with E-state index in [4.69, 9.17) is 0 Å². The Kier molecular flexibility index (Phi) is 1.55. The van der Waals surface area contributed by atoms with Crippen LogP contribution in [0.15, 0.2) is 18.3 Å². The van der Waals surface area contributed by atoms with Gasteiger partial charge in [0.2, 0.25) is 11.6 Å². The highest BCUT2D eigenvalue weighted by Crippen LogP contribution is 2.11. The second kappa shape index (κ2) is 2.58. The lowest BCUT2D eigenvalue weighted by molar-refractivity contribution is 0.0986. The molecule has 64 valence electrons. The highest BCUT2D eigenvalue weighted by atomic mass is 16.1. The zero-order chi connectivity index (χ0) is 9.42. The van der Waals surface area contributed by atoms with E-state index in [1.165, 1.54) is 18.3 Å². The summed E-state index contributed by atoms with van der Waals surface area (Å²) in [6.07, 6.45) is 3.91. The lowest BCUT2D eigenvalue weighted by Crippen LogP contribution is -2.16. The van der Waals surface area contributed by atoms with Gasteiger partial charge in [-0.05, 0) is 19.1 Å². The lowest BCUT2D eigenvalue weighted by atomic mass is 10.1. The minimum absolute atomic E-state index is 0.151. The van der Waals surface area contributed by atoms with Crippen molar-refractivity contribution in [1.82, 2.24) is 9.97 Å². The molecule has 1 aromatic heterocycles. The number of aryl methyl sites for hydroxylation is 1. The molecule has 0 atom stereocenters. The first-order chi connectivity index (χ1) is 6.18. The van der Waals surface area contributed by atoms with E-state index in [1.807, 2.05) is 0 Å². The Bertz CT molecular complexity index is 435. The Hall–Kier alpha value is -1.84.